The molecule has 0 aliphatic rings. The van der Waals surface area contributed by atoms with Crippen molar-refractivity contribution < 1.29 is 4.42 Å². The SMILES string of the molecule is Bc1c(B)c(B)c(-c2ccc3cc(-c4cccc(-c5nc(-c6ccc7c(c6)oc6ccccc67)nc(-c6c(B)c(B)c(B)c(B)c6B)n5)c4)ccc3c2)c(B)c1B. The number of hydrogen-bond acceptors (Lipinski definition) is 4. The summed E-state index contributed by atoms with van der Waals surface area (Å²) >= 11 is 0. The summed E-state index contributed by atoms with van der Waals surface area (Å²) in [6.07, 6.45) is 0. The normalized spacial score (nSPS) is 11.5. The van der Waals surface area contributed by atoms with E-state index in [1.807, 2.05) is 18.2 Å². The third-order valence-corrected chi connectivity index (χ3v) is 13.1. The Bertz CT molecular complexity index is 3110. The fourth-order valence-electron chi connectivity index (χ4n) is 8.80. The fourth-order valence-corrected chi connectivity index (χ4v) is 8.80. The highest BCUT2D eigenvalue weighted by Gasteiger charge is 2.20. The van der Waals surface area contributed by atoms with Crippen molar-refractivity contribution in [1.82, 2.24) is 15.0 Å². The molecule has 0 N–H and O–H groups in total. The maximum absolute atomic E-state index is 6.30. The third kappa shape index (κ3) is 6.12. The number of nitrogens with zero attached hydrogens (tertiary/aromatic N) is 3. The summed E-state index contributed by atoms with van der Waals surface area (Å²) in [6.45, 7) is 0. The molecule has 9 aromatic rings. The molecular weight excluding hydrogens is 683 g/mol. The van der Waals surface area contributed by atoms with Gasteiger partial charge in [0.15, 0.2) is 17.5 Å². The number of aromatic nitrogens is 3. The molecule has 2 aromatic heterocycles. The average Bonchev–Trinajstić information content (AvgIpc) is 3.61. The second kappa shape index (κ2) is 14.0. The first-order valence-electron chi connectivity index (χ1n) is 19.9. The maximum Gasteiger partial charge on any atom is 0.164 e. The molecule has 7 aromatic carbocycles. The molecule has 9 rings (SSSR count). The molecule has 0 unspecified atom stereocenters. The van der Waals surface area contributed by atoms with E-state index in [2.05, 4.69) is 163 Å². The molecule has 2 heterocycles. The standard InChI is InChI=1S/C43H37B10N3O/c44-31-29(32(45)36(49)39(52)35(31)48)22-11-10-20-14-19(8-9-21(20)15-22)18-4-3-5-23(16-18)41-54-42(24-12-13-26-25-6-1-2-7-27(25)57-28(26)17-24)56-43(55-41)30-33(46)37(50)40(53)38(51)34(30)47/h1-17H,44-53H2. The molecule has 4 nitrogen and oxygen atoms in total. The van der Waals surface area contributed by atoms with Crippen molar-refractivity contribution in [3.8, 4) is 56.4 Å². The van der Waals surface area contributed by atoms with Crippen LogP contribution >= 0.6 is 0 Å². The van der Waals surface area contributed by atoms with Crippen LogP contribution in [-0.4, -0.2) is 93.4 Å². The van der Waals surface area contributed by atoms with Gasteiger partial charge in [0.05, 0.1) is 0 Å². The zero-order valence-corrected chi connectivity index (χ0v) is 34.6. The molecular formula is C43H37B10N3O. The van der Waals surface area contributed by atoms with Gasteiger partial charge in [0.2, 0.25) is 0 Å². The molecule has 0 aliphatic carbocycles. The number of hydrogen-bond donors (Lipinski definition) is 0. The van der Waals surface area contributed by atoms with Gasteiger partial charge in [0, 0.05) is 27.5 Å². The molecule has 0 aliphatic heterocycles. The van der Waals surface area contributed by atoms with Crippen molar-refractivity contribution in [2.24, 2.45) is 0 Å². The zero-order chi connectivity index (χ0) is 39.9. The van der Waals surface area contributed by atoms with Crippen LogP contribution in [0.5, 0.6) is 0 Å². The molecule has 0 bridgehead atoms. The van der Waals surface area contributed by atoms with Crippen LogP contribution in [0, 0.1) is 0 Å². The van der Waals surface area contributed by atoms with Gasteiger partial charge in [-0.3, -0.25) is 0 Å². The first-order valence-corrected chi connectivity index (χ1v) is 19.9. The van der Waals surface area contributed by atoms with Gasteiger partial charge in [-0.2, -0.15) is 0 Å². The van der Waals surface area contributed by atoms with Crippen molar-refractivity contribution in [2.45, 2.75) is 0 Å². The molecule has 0 saturated heterocycles. The summed E-state index contributed by atoms with van der Waals surface area (Å²) < 4.78 is 6.30. The van der Waals surface area contributed by atoms with Gasteiger partial charge < -0.3 is 4.42 Å². The number of fused-ring (bicyclic) bond motifs is 4. The smallest absolute Gasteiger partial charge is 0.164 e. The van der Waals surface area contributed by atoms with Crippen LogP contribution in [0.25, 0.3) is 89.1 Å². The monoisotopic (exact) mass is 721 g/mol. The van der Waals surface area contributed by atoms with E-state index < -0.39 is 0 Å². The van der Waals surface area contributed by atoms with Crippen LogP contribution in [0.3, 0.4) is 0 Å². The lowest BCUT2D eigenvalue weighted by atomic mass is 9.59. The summed E-state index contributed by atoms with van der Waals surface area (Å²) in [7, 11) is 22.2. The summed E-state index contributed by atoms with van der Waals surface area (Å²) in [4.78, 5) is 15.6. The summed E-state index contributed by atoms with van der Waals surface area (Å²) in [5, 5.41) is 4.61. The van der Waals surface area contributed by atoms with E-state index in [0.717, 1.165) is 49.8 Å². The van der Waals surface area contributed by atoms with Crippen molar-refractivity contribution in [2.75, 3.05) is 0 Å². The highest BCUT2D eigenvalue weighted by molar-refractivity contribution is 6.69. The lowest BCUT2D eigenvalue weighted by molar-refractivity contribution is 0.669. The molecule has 57 heavy (non-hydrogen) atoms. The number of rotatable bonds is 5. The Morgan fingerprint density at radius 3 is 1.42 bits per heavy atom. The van der Waals surface area contributed by atoms with Gasteiger partial charge in [-0.25, -0.2) is 15.0 Å². The second-order valence-corrected chi connectivity index (χ2v) is 16.0. The van der Waals surface area contributed by atoms with E-state index in [0.29, 0.717) is 17.5 Å². The Kier molecular flexibility index (Phi) is 9.07. The number of benzene rings is 7. The van der Waals surface area contributed by atoms with Crippen LogP contribution in [0.1, 0.15) is 0 Å². The Labute approximate surface area is 343 Å². The minimum absolute atomic E-state index is 0.614. The maximum atomic E-state index is 6.30. The number of para-hydroxylation sites is 1. The van der Waals surface area contributed by atoms with Gasteiger partial charge >= 0.3 is 0 Å². The van der Waals surface area contributed by atoms with E-state index in [-0.39, 0.29) is 0 Å². The molecule has 0 saturated carbocycles. The Morgan fingerprint density at radius 2 is 0.772 bits per heavy atom. The van der Waals surface area contributed by atoms with Crippen LogP contribution in [-0.2, 0) is 0 Å². The molecule has 0 fully saturated rings. The van der Waals surface area contributed by atoms with Crippen molar-refractivity contribution in [3.05, 3.63) is 103 Å². The Hall–Kier alpha value is -5.74. The van der Waals surface area contributed by atoms with Crippen molar-refractivity contribution in [1.29, 1.82) is 0 Å². The molecule has 0 spiro atoms. The van der Waals surface area contributed by atoms with Crippen LogP contribution in [0.2, 0.25) is 0 Å². The second-order valence-electron chi connectivity index (χ2n) is 16.0. The summed E-state index contributed by atoms with van der Waals surface area (Å²) in [5.41, 5.74) is 22.5. The van der Waals surface area contributed by atoms with E-state index in [9.17, 15) is 0 Å². The molecule has 0 atom stereocenters. The predicted octanol–water partition coefficient (Wildman–Crippen LogP) is -6.16. The highest BCUT2D eigenvalue weighted by atomic mass is 16.3. The van der Waals surface area contributed by atoms with Crippen LogP contribution < -0.4 is 54.6 Å². The molecule has 14 heteroatoms. The fraction of sp³-hybridized carbons (Fsp3) is 0. The quantitative estimate of drug-likeness (QED) is 0.167. The molecule has 0 radical (unpaired) electrons. The number of furan rings is 1. The van der Waals surface area contributed by atoms with E-state index in [4.69, 9.17) is 19.4 Å². The van der Waals surface area contributed by atoms with E-state index in [1.165, 1.54) is 76.5 Å². The largest absolute Gasteiger partial charge is 0.456 e. The first kappa shape index (κ1) is 36.9. The highest BCUT2D eigenvalue weighted by Crippen LogP contribution is 2.33. The van der Waals surface area contributed by atoms with Crippen molar-refractivity contribution in [3.63, 3.8) is 0 Å². The van der Waals surface area contributed by atoms with Gasteiger partial charge in [0.25, 0.3) is 0 Å². The van der Waals surface area contributed by atoms with E-state index in [1.54, 1.807) is 0 Å². The van der Waals surface area contributed by atoms with Gasteiger partial charge in [-0.1, -0.05) is 88.6 Å². The summed E-state index contributed by atoms with van der Waals surface area (Å²) in [5.74, 6) is 1.93. The lowest BCUT2D eigenvalue weighted by Gasteiger charge is -2.20. The third-order valence-electron chi connectivity index (χ3n) is 13.1. The minimum Gasteiger partial charge on any atom is -0.456 e. The Morgan fingerprint density at radius 1 is 0.316 bits per heavy atom. The summed E-state index contributed by atoms with van der Waals surface area (Å²) in [6, 6.07) is 36.7. The minimum atomic E-state index is 0.614. The van der Waals surface area contributed by atoms with Crippen LogP contribution in [0.15, 0.2) is 108 Å². The van der Waals surface area contributed by atoms with Crippen LogP contribution in [0.4, 0.5) is 0 Å². The molecule has 260 valence electrons. The average molecular weight is 720 g/mol. The predicted molar refractivity (Wildman–Crippen MR) is 274 cm³/mol. The Balaban J connectivity index is 1.16. The van der Waals surface area contributed by atoms with Gasteiger partial charge in [-0.05, 0) is 69.4 Å². The van der Waals surface area contributed by atoms with Gasteiger partial charge in [-0.15, -0.1) is 32.8 Å². The van der Waals surface area contributed by atoms with Crippen molar-refractivity contribution >= 4 is 166 Å². The lowest BCUT2D eigenvalue weighted by Crippen LogP contribution is -2.55. The molecule has 0 amide bonds. The van der Waals surface area contributed by atoms with E-state index >= 15 is 0 Å². The topological polar surface area (TPSA) is 51.8 Å². The zero-order valence-electron chi connectivity index (χ0n) is 34.6. The van der Waals surface area contributed by atoms with Gasteiger partial charge in [0.1, 0.15) is 89.6 Å². The first-order chi connectivity index (χ1) is 27.4.